The third-order valence-electron chi connectivity index (χ3n) is 2.29. The van der Waals surface area contributed by atoms with E-state index >= 15 is 0 Å². The fourth-order valence-corrected chi connectivity index (χ4v) is 1.58. The van der Waals surface area contributed by atoms with Gasteiger partial charge in [0.25, 0.3) is 0 Å². The molecule has 1 aliphatic heterocycles. The molecule has 1 heterocycles. The molecule has 76 valence electrons. The van der Waals surface area contributed by atoms with Crippen molar-refractivity contribution in [3.63, 3.8) is 0 Å². The van der Waals surface area contributed by atoms with Gasteiger partial charge in [-0.1, -0.05) is 23.7 Å². The fraction of sp³-hybridized carbons (Fsp3) is 0.455. The van der Waals surface area contributed by atoms with E-state index in [1.165, 1.54) is 0 Å². The first kappa shape index (κ1) is 9.97. The van der Waals surface area contributed by atoms with Crippen LogP contribution in [-0.2, 0) is 9.47 Å². The average molecular weight is 213 g/mol. The van der Waals surface area contributed by atoms with Crippen LogP contribution in [0.1, 0.15) is 25.2 Å². The van der Waals surface area contributed by atoms with Gasteiger partial charge in [0, 0.05) is 10.6 Å². The number of hydrogen-bond donors (Lipinski definition) is 0. The van der Waals surface area contributed by atoms with Gasteiger partial charge in [-0.2, -0.15) is 0 Å². The van der Waals surface area contributed by atoms with Crippen molar-refractivity contribution >= 4 is 11.6 Å². The van der Waals surface area contributed by atoms with Crippen LogP contribution in [0.4, 0.5) is 0 Å². The van der Waals surface area contributed by atoms with Gasteiger partial charge in [0.05, 0.1) is 12.7 Å². The molecule has 2 rings (SSSR count). The van der Waals surface area contributed by atoms with E-state index in [1.807, 2.05) is 24.3 Å². The lowest BCUT2D eigenvalue weighted by molar-refractivity contribution is -0.212. The molecule has 0 aromatic heterocycles. The van der Waals surface area contributed by atoms with E-state index in [9.17, 15) is 0 Å². The van der Waals surface area contributed by atoms with Gasteiger partial charge in [-0.05, 0) is 25.5 Å². The van der Waals surface area contributed by atoms with E-state index in [-0.39, 0.29) is 12.4 Å². The summed E-state index contributed by atoms with van der Waals surface area (Å²) in [6, 6.07) is 7.57. The Morgan fingerprint density at radius 1 is 1.29 bits per heavy atom. The molecule has 0 saturated carbocycles. The van der Waals surface area contributed by atoms with Crippen molar-refractivity contribution in [3.8, 4) is 0 Å². The van der Waals surface area contributed by atoms with Crippen molar-refractivity contribution in [2.45, 2.75) is 25.7 Å². The average Bonchev–Trinajstić information content (AvgIpc) is 2.19. The van der Waals surface area contributed by atoms with Crippen LogP contribution in [0.3, 0.4) is 0 Å². The summed E-state index contributed by atoms with van der Waals surface area (Å²) in [4.78, 5) is 0. The lowest BCUT2D eigenvalue weighted by Crippen LogP contribution is -2.24. The minimum absolute atomic E-state index is 0.226. The predicted octanol–water partition coefficient (Wildman–Crippen LogP) is 3.16. The lowest BCUT2D eigenvalue weighted by Gasteiger charge is -2.28. The molecule has 0 N–H and O–H groups in total. The second kappa shape index (κ2) is 4.30. The number of halogens is 1. The summed E-state index contributed by atoms with van der Waals surface area (Å²) in [7, 11) is 0. The molecular weight excluding hydrogens is 200 g/mol. The van der Waals surface area contributed by atoms with Gasteiger partial charge in [0.2, 0.25) is 0 Å². The smallest absolute Gasteiger partial charge is 0.184 e. The maximum Gasteiger partial charge on any atom is 0.184 e. The molecule has 1 aliphatic rings. The first-order chi connectivity index (χ1) is 6.75. The quantitative estimate of drug-likeness (QED) is 0.712. The van der Waals surface area contributed by atoms with Crippen molar-refractivity contribution in [1.29, 1.82) is 0 Å². The molecule has 0 radical (unpaired) electrons. The highest BCUT2D eigenvalue weighted by Crippen LogP contribution is 2.26. The van der Waals surface area contributed by atoms with Crippen LogP contribution in [-0.4, -0.2) is 12.7 Å². The molecule has 1 fully saturated rings. The monoisotopic (exact) mass is 212 g/mol. The first-order valence-electron chi connectivity index (χ1n) is 4.78. The van der Waals surface area contributed by atoms with Crippen molar-refractivity contribution in [1.82, 2.24) is 0 Å². The third kappa shape index (κ3) is 2.27. The van der Waals surface area contributed by atoms with Gasteiger partial charge in [-0.3, -0.25) is 0 Å². The van der Waals surface area contributed by atoms with Crippen molar-refractivity contribution < 1.29 is 9.47 Å². The molecule has 1 aromatic rings. The SMILES string of the molecule is C[C@H]1CCO[C@@H](c2ccc(Cl)cc2)O1. The summed E-state index contributed by atoms with van der Waals surface area (Å²) in [6.07, 6.45) is 1.00. The van der Waals surface area contributed by atoms with Crippen molar-refractivity contribution in [3.05, 3.63) is 34.9 Å². The number of hydrogen-bond acceptors (Lipinski definition) is 2. The Balaban J connectivity index is 2.10. The maximum absolute atomic E-state index is 5.80. The molecule has 0 spiro atoms. The predicted molar refractivity (Wildman–Crippen MR) is 55.3 cm³/mol. The molecule has 3 heteroatoms. The van der Waals surface area contributed by atoms with Gasteiger partial charge in [0.15, 0.2) is 6.29 Å². The van der Waals surface area contributed by atoms with Gasteiger partial charge in [-0.25, -0.2) is 0 Å². The maximum atomic E-state index is 5.80. The van der Waals surface area contributed by atoms with Gasteiger partial charge in [-0.15, -0.1) is 0 Å². The van der Waals surface area contributed by atoms with Gasteiger partial charge < -0.3 is 9.47 Å². The first-order valence-corrected chi connectivity index (χ1v) is 5.16. The summed E-state index contributed by atoms with van der Waals surface area (Å²) in [6.45, 7) is 2.82. The van der Waals surface area contributed by atoms with Crippen LogP contribution in [0.25, 0.3) is 0 Å². The van der Waals surface area contributed by atoms with Crippen LogP contribution in [0.5, 0.6) is 0 Å². The Bertz CT molecular complexity index is 297. The van der Waals surface area contributed by atoms with Crippen LogP contribution in [0, 0.1) is 0 Å². The van der Waals surface area contributed by atoms with Crippen LogP contribution >= 0.6 is 11.6 Å². The van der Waals surface area contributed by atoms with E-state index in [1.54, 1.807) is 0 Å². The summed E-state index contributed by atoms with van der Waals surface area (Å²) < 4.78 is 11.2. The minimum atomic E-state index is -0.226. The summed E-state index contributed by atoms with van der Waals surface area (Å²) >= 11 is 5.80. The second-order valence-corrected chi connectivity index (χ2v) is 3.93. The molecule has 0 unspecified atom stereocenters. The van der Waals surface area contributed by atoms with Crippen molar-refractivity contribution in [2.24, 2.45) is 0 Å². The topological polar surface area (TPSA) is 18.5 Å². The molecule has 0 amide bonds. The van der Waals surface area contributed by atoms with Gasteiger partial charge in [0.1, 0.15) is 0 Å². The second-order valence-electron chi connectivity index (χ2n) is 3.49. The molecule has 0 bridgehead atoms. The van der Waals surface area contributed by atoms with E-state index in [0.717, 1.165) is 23.6 Å². The molecule has 2 atom stereocenters. The van der Waals surface area contributed by atoms with E-state index in [2.05, 4.69) is 6.92 Å². The number of benzene rings is 1. The normalized spacial score (nSPS) is 27.6. The van der Waals surface area contributed by atoms with E-state index in [4.69, 9.17) is 21.1 Å². The van der Waals surface area contributed by atoms with E-state index in [0.29, 0.717) is 0 Å². The zero-order valence-electron chi connectivity index (χ0n) is 8.07. The van der Waals surface area contributed by atoms with Crippen LogP contribution < -0.4 is 0 Å². The molecule has 1 aromatic carbocycles. The Kier molecular flexibility index (Phi) is 3.06. The highest BCUT2D eigenvalue weighted by atomic mass is 35.5. The molecule has 0 aliphatic carbocycles. The largest absolute Gasteiger partial charge is 0.348 e. The van der Waals surface area contributed by atoms with E-state index < -0.39 is 0 Å². The Morgan fingerprint density at radius 3 is 2.64 bits per heavy atom. The summed E-state index contributed by atoms with van der Waals surface area (Å²) in [5.74, 6) is 0. The zero-order chi connectivity index (χ0) is 9.97. The van der Waals surface area contributed by atoms with Gasteiger partial charge >= 0.3 is 0 Å². The zero-order valence-corrected chi connectivity index (χ0v) is 8.83. The molecule has 2 nitrogen and oxygen atoms in total. The summed E-state index contributed by atoms with van der Waals surface area (Å²) in [5, 5.41) is 0.734. The summed E-state index contributed by atoms with van der Waals surface area (Å²) in [5.41, 5.74) is 1.03. The van der Waals surface area contributed by atoms with Crippen LogP contribution in [0.2, 0.25) is 5.02 Å². The molecular formula is C11H13ClO2. The fourth-order valence-electron chi connectivity index (χ4n) is 1.45. The number of ether oxygens (including phenoxy) is 2. The van der Waals surface area contributed by atoms with Crippen LogP contribution in [0.15, 0.2) is 24.3 Å². The Hall–Kier alpha value is -0.570. The number of rotatable bonds is 1. The standard InChI is InChI=1S/C11H13ClO2/c1-8-6-7-13-11(14-8)9-2-4-10(12)5-3-9/h2-5,8,11H,6-7H2,1H3/t8-,11+/m0/s1. The third-order valence-corrected chi connectivity index (χ3v) is 2.54. The lowest BCUT2D eigenvalue weighted by atomic mass is 10.2. The minimum Gasteiger partial charge on any atom is -0.348 e. The van der Waals surface area contributed by atoms with Crippen molar-refractivity contribution in [2.75, 3.05) is 6.61 Å². The molecule has 14 heavy (non-hydrogen) atoms. The highest BCUT2D eigenvalue weighted by Gasteiger charge is 2.20. The Labute approximate surface area is 88.8 Å². The molecule has 1 saturated heterocycles. The highest BCUT2D eigenvalue weighted by molar-refractivity contribution is 6.30. The Morgan fingerprint density at radius 2 is 2.00 bits per heavy atom.